The van der Waals surface area contributed by atoms with E-state index in [9.17, 15) is 0 Å². The molecular weight excluding hydrogens is 258 g/mol. The standard InChI is InChI=1S/C13H19N5S/c1-3-5-15-12-6-13(18-11(4-2)17-12)16-8-10-7-14-9-19-10/h6-7,9H,3-5,8H2,1-2H3,(H2,15,16,17,18). The average molecular weight is 277 g/mol. The summed E-state index contributed by atoms with van der Waals surface area (Å²) in [5, 5.41) is 6.62. The topological polar surface area (TPSA) is 62.7 Å². The molecule has 0 aliphatic rings. The fourth-order valence-electron chi connectivity index (χ4n) is 1.60. The minimum atomic E-state index is 0.748. The van der Waals surface area contributed by atoms with E-state index >= 15 is 0 Å². The Morgan fingerprint density at radius 1 is 1.16 bits per heavy atom. The third-order valence-corrected chi connectivity index (χ3v) is 3.35. The second-order valence-corrected chi connectivity index (χ2v) is 5.13. The first-order chi connectivity index (χ1) is 9.31. The molecule has 2 aromatic rings. The third-order valence-electron chi connectivity index (χ3n) is 2.57. The highest BCUT2D eigenvalue weighted by atomic mass is 32.1. The van der Waals surface area contributed by atoms with E-state index in [1.165, 1.54) is 4.88 Å². The van der Waals surface area contributed by atoms with Gasteiger partial charge in [0.05, 0.1) is 12.1 Å². The van der Waals surface area contributed by atoms with Crippen molar-refractivity contribution in [3.63, 3.8) is 0 Å². The van der Waals surface area contributed by atoms with Gasteiger partial charge in [0.2, 0.25) is 0 Å². The van der Waals surface area contributed by atoms with Crippen LogP contribution in [0.2, 0.25) is 0 Å². The zero-order valence-electron chi connectivity index (χ0n) is 11.3. The van der Waals surface area contributed by atoms with Crippen LogP contribution < -0.4 is 10.6 Å². The van der Waals surface area contributed by atoms with E-state index in [4.69, 9.17) is 0 Å². The van der Waals surface area contributed by atoms with Crippen molar-refractivity contribution in [1.29, 1.82) is 0 Å². The molecule has 102 valence electrons. The number of hydrogen-bond acceptors (Lipinski definition) is 6. The number of aryl methyl sites for hydroxylation is 1. The van der Waals surface area contributed by atoms with Crippen LogP contribution in [0.4, 0.5) is 11.6 Å². The molecule has 0 aliphatic heterocycles. The van der Waals surface area contributed by atoms with Crippen LogP contribution in [-0.4, -0.2) is 21.5 Å². The monoisotopic (exact) mass is 277 g/mol. The molecule has 2 rings (SSSR count). The minimum Gasteiger partial charge on any atom is -0.370 e. The highest BCUT2D eigenvalue weighted by Crippen LogP contribution is 2.14. The van der Waals surface area contributed by atoms with E-state index < -0.39 is 0 Å². The molecule has 0 aromatic carbocycles. The summed E-state index contributed by atoms with van der Waals surface area (Å²) < 4.78 is 0. The summed E-state index contributed by atoms with van der Waals surface area (Å²) >= 11 is 1.64. The fourth-order valence-corrected chi connectivity index (χ4v) is 2.13. The molecule has 0 atom stereocenters. The van der Waals surface area contributed by atoms with E-state index in [0.717, 1.165) is 43.4 Å². The number of rotatable bonds is 7. The Morgan fingerprint density at radius 2 is 1.95 bits per heavy atom. The first-order valence-corrected chi connectivity index (χ1v) is 7.42. The van der Waals surface area contributed by atoms with Gasteiger partial charge < -0.3 is 10.6 Å². The maximum atomic E-state index is 4.48. The molecule has 0 aliphatic carbocycles. The van der Waals surface area contributed by atoms with Crippen LogP contribution in [0.3, 0.4) is 0 Å². The molecule has 0 spiro atoms. The van der Waals surface area contributed by atoms with Crippen molar-refractivity contribution >= 4 is 23.0 Å². The van der Waals surface area contributed by atoms with E-state index in [1.807, 2.05) is 17.8 Å². The lowest BCUT2D eigenvalue weighted by Gasteiger charge is -2.09. The van der Waals surface area contributed by atoms with E-state index in [1.54, 1.807) is 11.3 Å². The van der Waals surface area contributed by atoms with Gasteiger partial charge >= 0.3 is 0 Å². The van der Waals surface area contributed by atoms with Gasteiger partial charge in [-0.05, 0) is 6.42 Å². The van der Waals surface area contributed by atoms with Crippen LogP contribution in [0.1, 0.15) is 31.0 Å². The SMILES string of the molecule is CCCNc1cc(NCc2cncs2)nc(CC)n1. The van der Waals surface area contributed by atoms with Crippen molar-refractivity contribution in [2.24, 2.45) is 0 Å². The second-order valence-electron chi connectivity index (χ2n) is 4.16. The molecule has 0 unspecified atom stereocenters. The van der Waals surface area contributed by atoms with Crippen LogP contribution in [0, 0.1) is 0 Å². The molecule has 2 N–H and O–H groups in total. The normalized spacial score (nSPS) is 10.4. The van der Waals surface area contributed by atoms with E-state index in [0.29, 0.717) is 0 Å². The maximum Gasteiger partial charge on any atom is 0.132 e. The van der Waals surface area contributed by atoms with Crippen molar-refractivity contribution in [2.45, 2.75) is 33.2 Å². The van der Waals surface area contributed by atoms with Gasteiger partial charge in [0.1, 0.15) is 17.5 Å². The molecule has 2 heterocycles. The van der Waals surface area contributed by atoms with Gasteiger partial charge in [-0.15, -0.1) is 11.3 Å². The summed E-state index contributed by atoms with van der Waals surface area (Å²) in [5.41, 5.74) is 1.84. The molecule has 0 amide bonds. The molecule has 5 nitrogen and oxygen atoms in total. The van der Waals surface area contributed by atoms with Crippen LogP contribution in [0.5, 0.6) is 0 Å². The number of nitrogens with one attached hydrogen (secondary N) is 2. The molecule has 0 fully saturated rings. The van der Waals surface area contributed by atoms with Crippen molar-refractivity contribution in [1.82, 2.24) is 15.0 Å². The molecule has 6 heteroatoms. The summed E-state index contributed by atoms with van der Waals surface area (Å²) in [4.78, 5) is 14.2. The number of hydrogen-bond donors (Lipinski definition) is 2. The average Bonchev–Trinajstić information content (AvgIpc) is 2.96. The Bertz CT molecular complexity index is 498. The van der Waals surface area contributed by atoms with Crippen LogP contribution in [-0.2, 0) is 13.0 Å². The summed E-state index contributed by atoms with van der Waals surface area (Å²) in [5.74, 6) is 2.60. The Morgan fingerprint density at radius 3 is 2.58 bits per heavy atom. The zero-order valence-corrected chi connectivity index (χ0v) is 12.1. The Labute approximate surface area is 117 Å². The Kier molecular flexibility index (Phi) is 5.09. The number of aromatic nitrogens is 3. The number of anilines is 2. The molecular formula is C13H19N5S. The molecule has 0 saturated heterocycles. The zero-order chi connectivity index (χ0) is 13.5. The lowest BCUT2D eigenvalue weighted by Crippen LogP contribution is -2.08. The van der Waals surface area contributed by atoms with Gasteiger partial charge in [-0.1, -0.05) is 13.8 Å². The van der Waals surface area contributed by atoms with Crippen molar-refractivity contribution in [3.8, 4) is 0 Å². The van der Waals surface area contributed by atoms with Gasteiger partial charge in [0, 0.05) is 30.1 Å². The molecule has 0 saturated carbocycles. The van der Waals surface area contributed by atoms with Crippen LogP contribution >= 0.6 is 11.3 Å². The minimum absolute atomic E-state index is 0.748. The van der Waals surface area contributed by atoms with Gasteiger partial charge in [-0.25, -0.2) is 9.97 Å². The number of nitrogens with zero attached hydrogens (tertiary/aromatic N) is 3. The fraction of sp³-hybridized carbons (Fsp3) is 0.462. The lowest BCUT2D eigenvalue weighted by molar-refractivity contribution is 0.913. The quantitative estimate of drug-likeness (QED) is 0.814. The molecule has 0 bridgehead atoms. The summed E-state index contributed by atoms with van der Waals surface area (Å²) in [6.45, 7) is 5.87. The van der Waals surface area contributed by atoms with E-state index in [-0.39, 0.29) is 0 Å². The van der Waals surface area contributed by atoms with Crippen molar-refractivity contribution < 1.29 is 0 Å². The van der Waals surface area contributed by atoms with Gasteiger partial charge in [-0.3, -0.25) is 4.98 Å². The lowest BCUT2D eigenvalue weighted by atomic mass is 10.4. The highest BCUT2D eigenvalue weighted by Gasteiger charge is 2.03. The predicted molar refractivity (Wildman–Crippen MR) is 79.6 cm³/mol. The maximum absolute atomic E-state index is 4.48. The summed E-state index contributed by atoms with van der Waals surface area (Å²) in [6, 6.07) is 1.95. The van der Waals surface area contributed by atoms with Crippen molar-refractivity contribution in [3.05, 3.63) is 28.5 Å². The van der Waals surface area contributed by atoms with Crippen LogP contribution in [0.15, 0.2) is 17.8 Å². The van der Waals surface area contributed by atoms with Gasteiger partial charge in [-0.2, -0.15) is 0 Å². The smallest absolute Gasteiger partial charge is 0.132 e. The first kappa shape index (κ1) is 13.7. The highest BCUT2D eigenvalue weighted by molar-refractivity contribution is 7.09. The predicted octanol–water partition coefficient (Wildman–Crippen LogP) is 2.93. The largest absolute Gasteiger partial charge is 0.370 e. The van der Waals surface area contributed by atoms with Crippen molar-refractivity contribution in [2.75, 3.05) is 17.2 Å². The molecule has 2 aromatic heterocycles. The Hall–Kier alpha value is -1.69. The first-order valence-electron chi connectivity index (χ1n) is 6.55. The van der Waals surface area contributed by atoms with Crippen LogP contribution in [0.25, 0.3) is 0 Å². The van der Waals surface area contributed by atoms with E-state index in [2.05, 4.69) is 39.4 Å². The third kappa shape index (κ3) is 4.17. The second kappa shape index (κ2) is 7.04. The summed E-state index contributed by atoms with van der Waals surface area (Å²) in [6.07, 6.45) is 3.78. The molecule has 0 radical (unpaired) electrons. The van der Waals surface area contributed by atoms with Gasteiger partial charge in [0.15, 0.2) is 0 Å². The molecule has 19 heavy (non-hydrogen) atoms. The Balaban J connectivity index is 2.05. The van der Waals surface area contributed by atoms with Gasteiger partial charge in [0.25, 0.3) is 0 Å². The summed E-state index contributed by atoms with van der Waals surface area (Å²) in [7, 11) is 0. The number of thiazole rings is 1.